The van der Waals surface area contributed by atoms with Gasteiger partial charge in [0, 0.05) is 12.7 Å². The van der Waals surface area contributed by atoms with Crippen LogP contribution < -0.4 is 0 Å². The molecule has 8 nitrogen and oxygen atoms in total. The Morgan fingerprint density at radius 2 is 2.08 bits per heavy atom. The number of aromatic nitrogens is 5. The van der Waals surface area contributed by atoms with Crippen LogP contribution in [-0.4, -0.2) is 54.2 Å². The molecule has 4 rings (SSSR count). The minimum Gasteiger partial charge on any atom is -0.382 e. The molecule has 0 aliphatic carbocycles. The molecule has 8 heteroatoms. The zero-order chi connectivity index (χ0) is 17.3. The summed E-state index contributed by atoms with van der Waals surface area (Å²) in [5.74, 6) is -0.198. The molecule has 1 aliphatic heterocycles. The highest BCUT2D eigenvalue weighted by molar-refractivity contribution is 5.92. The highest BCUT2D eigenvalue weighted by atomic mass is 16.3. The summed E-state index contributed by atoms with van der Waals surface area (Å²) in [6.07, 6.45) is 4.49. The highest BCUT2D eigenvalue weighted by Crippen LogP contribution is 2.30. The van der Waals surface area contributed by atoms with Gasteiger partial charge in [0.2, 0.25) is 0 Å². The normalized spacial score (nSPS) is 20.6. The van der Waals surface area contributed by atoms with Crippen molar-refractivity contribution in [2.24, 2.45) is 0 Å². The van der Waals surface area contributed by atoms with Crippen molar-refractivity contribution in [2.75, 3.05) is 13.1 Å². The number of nitrogens with zero attached hydrogens (tertiary/aromatic N) is 5. The molecular formula is C17H18N6O2. The van der Waals surface area contributed by atoms with Crippen molar-refractivity contribution >= 4 is 5.91 Å². The fourth-order valence-corrected chi connectivity index (χ4v) is 3.17. The number of β-amino-alcohol motifs (C(OH)–C–C–N with tert-alkyl or cyclic N) is 1. The Bertz CT molecular complexity index is 860. The number of H-pyrrole nitrogens is 1. The third-order valence-corrected chi connectivity index (χ3v) is 4.48. The van der Waals surface area contributed by atoms with Crippen molar-refractivity contribution in [3.05, 3.63) is 60.2 Å². The number of aliphatic hydroxyl groups is 1. The van der Waals surface area contributed by atoms with Crippen LogP contribution in [0.25, 0.3) is 5.69 Å². The molecular weight excluding hydrogens is 320 g/mol. The minimum atomic E-state index is -1.18. The molecule has 1 atom stereocenters. The Morgan fingerprint density at radius 3 is 2.84 bits per heavy atom. The van der Waals surface area contributed by atoms with Gasteiger partial charge in [-0.3, -0.25) is 4.79 Å². The molecule has 1 amide bonds. The summed E-state index contributed by atoms with van der Waals surface area (Å²) in [6, 6.07) is 11.3. The van der Waals surface area contributed by atoms with Gasteiger partial charge in [0.15, 0.2) is 5.69 Å². The van der Waals surface area contributed by atoms with Crippen molar-refractivity contribution in [3.8, 4) is 5.69 Å². The average molecular weight is 338 g/mol. The van der Waals surface area contributed by atoms with Crippen molar-refractivity contribution in [1.29, 1.82) is 0 Å². The summed E-state index contributed by atoms with van der Waals surface area (Å²) in [5.41, 5.74) is 0.524. The molecule has 128 valence electrons. The van der Waals surface area contributed by atoms with Crippen LogP contribution in [0.5, 0.6) is 0 Å². The van der Waals surface area contributed by atoms with E-state index in [-0.39, 0.29) is 12.5 Å². The molecule has 1 aromatic carbocycles. The molecule has 3 heterocycles. The molecule has 25 heavy (non-hydrogen) atoms. The summed E-state index contributed by atoms with van der Waals surface area (Å²) in [5, 5.41) is 25.5. The van der Waals surface area contributed by atoms with Crippen LogP contribution >= 0.6 is 0 Å². The predicted octanol–water partition coefficient (Wildman–Crippen LogP) is 1.11. The first-order valence-electron chi connectivity index (χ1n) is 8.15. The SMILES string of the molecule is O=C(c1ccn(-c2ccccc2)n1)N1CCCC(O)(c2cn[nH]n2)C1. The molecule has 1 unspecified atom stereocenters. The Kier molecular flexibility index (Phi) is 3.81. The van der Waals surface area contributed by atoms with Gasteiger partial charge in [0.05, 0.1) is 18.4 Å². The average Bonchev–Trinajstić information content (AvgIpc) is 3.34. The second kappa shape index (κ2) is 6.14. The molecule has 1 aliphatic rings. The first-order valence-corrected chi connectivity index (χ1v) is 8.15. The second-order valence-electron chi connectivity index (χ2n) is 6.20. The van der Waals surface area contributed by atoms with Crippen molar-refractivity contribution in [2.45, 2.75) is 18.4 Å². The number of hydrogen-bond acceptors (Lipinski definition) is 5. The minimum absolute atomic E-state index is 0.177. The lowest BCUT2D eigenvalue weighted by molar-refractivity contribution is -0.0322. The summed E-state index contributed by atoms with van der Waals surface area (Å²) in [4.78, 5) is 14.4. The lowest BCUT2D eigenvalue weighted by Crippen LogP contribution is -2.48. The fraction of sp³-hybridized carbons (Fsp3) is 0.294. The third kappa shape index (κ3) is 2.91. The van der Waals surface area contributed by atoms with Crippen LogP contribution in [0.1, 0.15) is 29.0 Å². The summed E-state index contributed by atoms with van der Waals surface area (Å²) in [7, 11) is 0. The second-order valence-corrected chi connectivity index (χ2v) is 6.20. The van der Waals surface area contributed by atoms with E-state index < -0.39 is 5.60 Å². The van der Waals surface area contributed by atoms with Crippen molar-refractivity contribution in [1.82, 2.24) is 30.1 Å². The Balaban J connectivity index is 1.54. The molecule has 1 fully saturated rings. The van der Waals surface area contributed by atoms with Crippen LogP contribution in [0.3, 0.4) is 0 Å². The largest absolute Gasteiger partial charge is 0.382 e. The van der Waals surface area contributed by atoms with Gasteiger partial charge < -0.3 is 10.0 Å². The predicted molar refractivity (Wildman–Crippen MR) is 89.0 cm³/mol. The molecule has 0 spiro atoms. The lowest BCUT2D eigenvalue weighted by Gasteiger charge is -2.37. The summed E-state index contributed by atoms with van der Waals surface area (Å²) >= 11 is 0. The van der Waals surface area contributed by atoms with Gasteiger partial charge in [0.1, 0.15) is 11.3 Å². The smallest absolute Gasteiger partial charge is 0.274 e. The third-order valence-electron chi connectivity index (χ3n) is 4.48. The van der Waals surface area contributed by atoms with Gasteiger partial charge in [0.25, 0.3) is 5.91 Å². The van der Waals surface area contributed by atoms with E-state index in [4.69, 9.17) is 0 Å². The lowest BCUT2D eigenvalue weighted by atomic mass is 9.90. The zero-order valence-electron chi connectivity index (χ0n) is 13.5. The number of para-hydroxylation sites is 1. The van der Waals surface area contributed by atoms with E-state index in [1.807, 2.05) is 30.3 Å². The van der Waals surface area contributed by atoms with Gasteiger partial charge in [-0.05, 0) is 31.0 Å². The van der Waals surface area contributed by atoms with Crippen LogP contribution in [0.15, 0.2) is 48.8 Å². The highest BCUT2D eigenvalue weighted by Gasteiger charge is 2.39. The molecule has 0 bridgehead atoms. The topological polar surface area (TPSA) is 99.9 Å². The number of likely N-dealkylation sites (tertiary alicyclic amines) is 1. The Hall–Kier alpha value is -3.00. The molecule has 0 radical (unpaired) electrons. The number of aromatic amines is 1. The van der Waals surface area contributed by atoms with Gasteiger partial charge in [-0.25, -0.2) is 4.68 Å². The van der Waals surface area contributed by atoms with Gasteiger partial charge in [-0.2, -0.15) is 20.5 Å². The van der Waals surface area contributed by atoms with Crippen molar-refractivity contribution in [3.63, 3.8) is 0 Å². The first-order chi connectivity index (χ1) is 12.2. The number of amides is 1. The van der Waals surface area contributed by atoms with E-state index in [1.165, 1.54) is 6.20 Å². The Morgan fingerprint density at radius 1 is 1.24 bits per heavy atom. The Labute approximate surface area is 144 Å². The standard InChI is InChI=1S/C17H18N6O2/c24-16(14-7-10-23(20-14)13-5-2-1-3-6-13)22-9-4-8-17(25,12-22)15-11-18-21-19-15/h1-3,5-7,10-11,25H,4,8-9,12H2,(H,18,19,21). The van der Waals surface area contributed by atoms with E-state index in [0.29, 0.717) is 30.8 Å². The monoisotopic (exact) mass is 338 g/mol. The number of hydrogen-bond donors (Lipinski definition) is 2. The van der Waals surface area contributed by atoms with Gasteiger partial charge in [-0.15, -0.1) is 0 Å². The van der Waals surface area contributed by atoms with E-state index in [2.05, 4.69) is 20.5 Å². The molecule has 3 aromatic rings. The number of piperidine rings is 1. The molecule has 0 saturated carbocycles. The molecule has 2 N–H and O–H groups in total. The van der Waals surface area contributed by atoms with E-state index in [0.717, 1.165) is 5.69 Å². The van der Waals surface area contributed by atoms with Crippen LogP contribution in [0.4, 0.5) is 0 Å². The van der Waals surface area contributed by atoms with Gasteiger partial charge in [-0.1, -0.05) is 18.2 Å². The number of nitrogens with one attached hydrogen (secondary N) is 1. The summed E-state index contributed by atoms with van der Waals surface area (Å²) < 4.78 is 1.67. The zero-order valence-corrected chi connectivity index (χ0v) is 13.5. The van der Waals surface area contributed by atoms with Crippen LogP contribution in [0.2, 0.25) is 0 Å². The van der Waals surface area contributed by atoms with E-state index >= 15 is 0 Å². The maximum atomic E-state index is 12.8. The van der Waals surface area contributed by atoms with Crippen LogP contribution in [0, 0.1) is 0 Å². The molecule has 1 saturated heterocycles. The fourth-order valence-electron chi connectivity index (χ4n) is 3.17. The number of rotatable bonds is 3. The van der Waals surface area contributed by atoms with E-state index in [9.17, 15) is 9.90 Å². The maximum absolute atomic E-state index is 12.8. The number of carbonyl (C=O) groups excluding carboxylic acids is 1. The maximum Gasteiger partial charge on any atom is 0.274 e. The van der Waals surface area contributed by atoms with E-state index in [1.54, 1.807) is 21.8 Å². The number of carbonyl (C=O) groups is 1. The van der Waals surface area contributed by atoms with Crippen molar-refractivity contribution < 1.29 is 9.90 Å². The summed E-state index contributed by atoms with van der Waals surface area (Å²) in [6.45, 7) is 0.758. The first kappa shape index (κ1) is 15.5. The van der Waals surface area contributed by atoms with Crippen LogP contribution in [-0.2, 0) is 5.60 Å². The quantitative estimate of drug-likeness (QED) is 0.745. The van der Waals surface area contributed by atoms with Gasteiger partial charge >= 0.3 is 0 Å². The molecule has 2 aromatic heterocycles. The number of benzene rings is 1.